The SMILES string of the molecule is Cc1ccc(Cc2cnc(NC(=O)CCCN3C(=O)/C(=C\c4ccco4)SC3=S)s2)cc1. The number of furan rings is 1. The van der Waals surface area contributed by atoms with E-state index >= 15 is 0 Å². The number of thiazole rings is 1. The summed E-state index contributed by atoms with van der Waals surface area (Å²) >= 11 is 8.04. The first-order valence-electron chi connectivity index (χ1n) is 10.1. The van der Waals surface area contributed by atoms with Gasteiger partial charge in [-0.15, -0.1) is 11.3 Å². The fourth-order valence-electron chi connectivity index (χ4n) is 3.13. The summed E-state index contributed by atoms with van der Waals surface area (Å²) in [6, 6.07) is 11.9. The first kappa shape index (κ1) is 22.4. The van der Waals surface area contributed by atoms with Crippen LogP contribution in [0.5, 0.6) is 0 Å². The molecule has 1 saturated heterocycles. The molecule has 3 aromatic rings. The number of anilines is 1. The second-order valence-corrected chi connectivity index (χ2v) is 10.1. The van der Waals surface area contributed by atoms with Gasteiger partial charge >= 0.3 is 0 Å². The van der Waals surface area contributed by atoms with Crippen molar-refractivity contribution in [3.05, 3.63) is 75.5 Å². The smallest absolute Gasteiger partial charge is 0.266 e. The zero-order chi connectivity index (χ0) is 22.5. The quantitative estimate of drug-likeness (QED) is 0.348. The zero-order valence-corrected chi connectivity index (χ0v) is 19.8. The topological polar surface area (TPSA) is 75.4 Å². The van der Waals surface area contributed by atoms with Crippen LogP contribution in [-0.4, -0.2) is 32.6 Å². The highest BCUT2D eigenvalue weighted by molar-refractivity contribution is 8.26. The first-order chi connectivity index (χ1) is 15.5. The average molecular weight is 484 g/mol. The molecular weight excluding hydrogens is 462 g/mol. The minimum Gasteiger partial charge on any atom is -0.465 e. The van der Waals surface area contributed by atoms with E-state index in [9.17, 15) is 9.59 Å². The number of benzene rings is 1. The molecule has 0 aliphatic carbocycles. The third kappa shape index (κ3) is 5.73. The normalized spacial score (nSPS) is 15.0. The molecule has 0 atom stereocenters. The van der Waals surface area contributed by atoms with Gasteiger partial charge in [0.15, 0.2) is 5.13 Å². The van der Waals surface area contributed by atoms with E-state index in [-0.39, 0.29) is 18.2 Å². The minimum absolute atomic E-state index is 0.127. The third-order valence-electron chi connectivity index (χ3n) is 4.77. The number of thioether (sulfide) groups is 1. The number of carbonyl (C=O) groups is 2. The fraction of sp³-hybridized carbons (Fsp3) is 0.217. The fourth-order valence-corrected chi connectivity index (χ4v) is 5.28. The Morgan fingerprint density at radius 1 is 1.28 bits per heavy atom. The van der Waals surface area contributed by atoms with E-state index in [1.54, 1.807) is 30.7 Å². The van der Waals surface area contributed by atoms with Crippen molar-refractivity contribution in [2.45, 2.75) is 26.2 Å². The van der Waals surface area contributed by atoms with Gasteiger partial charge in [0.2, 0.25) is 5.91 Å². The van der Waals surface area contributed by atoms with Crippen LogP contribution in [0.4, 0.5) is 5.13 Å². The molecule has 0 radical (unpaired) electrons. The van der Waals surface area contributed by atoms with E-state index in [1.807, 2.05) is 0 Å². The lowest BCUT2D eigenvalue weighted by Gasteiger charge is -2.13. The summed E-state index contributed by atoms with van der Waals surface area (Å²) in [5.41, 5.74) is 2.44. The number of carbonyl (C=O) groups excluding carboxylic acids is 2. The Hall–Kier alpha value is -2.75. The monoisotopic (exact) mass is 483 g/mol. The predicted octanol–water partition coefficient (Wildman–Crippen LogP) is 5.26. The summed E-state index contributed by atoms with van der Waals surface area (Å²) in [5, 5.41) is 3.43. The maximum absolute atomic E-state index is 12.6. The van der Waals surface area contributed by atoms with Crippen LogP contribution in [0.1, 0.15) is 34.6 Å². The Kier molecular flexibility index (Phi) is 7.19. The molecular formula is C23H21N3O3S3. The number of nitrogens with one attached hydrogen (secondary N) is 1. The molecule has 1 fully saturated rings. The van der Waals surface area contributed by atoms with Gasteiger partial charge in [-0.3, -0.25) is 14.5 Å². The van der Waals surface area contributed by atoms with E-state index in [1.165, 1.54) is 39.1 Å². The molecule has 0 spiro atoms. The number of nitrogens with zero attached hydrogens (tertiary/aromatic N) is 2. The Balaban J connectivity index is 1.24. The number of thiocarbonyl (C=S) groups is 1. The molecule has 0 saturated carbocycles. The van der Waals surface area contributed by atoms with Crippen LogP contribution in [0.2, 0.25) is 0 Å². The summed E-state index contributed by atoms with van der Waals surface area (Å²) in [4.78, 5) is 32.4. The van der Waals surface area contributed by atoms with Gasteiger partial charge < -0.3 is 9.73 Å². The minimum atomic E-state index is -0.155. The highest BCUT2D eigenvalue weighted by Crippen LogP contribution is 2.32. The Bertz CT molecular complexity index is 1150. The van der Waals surface area contributed by atoms with Crippen LogP contribution in [0.15, 0.2) is 58.2 Å². The molecule has 1 aliphatic heterocycles. The Morgan fingerprint density at radius 3 is 2.84 bits per heavy atom. The molecule has 2 aromatic heterocycles. The molecule has 1 aliphatic rings. The second kappa shape index (κ2) is 10.2. The summed E-state index contributed by atoms with van der Waals surface area (Å²) in [5.74, 6) is 0.324. The predicted molar refractivity (Wildman–Crippen MR) is 133 cm³/mol. The van der Waals surface area contributed by atoms with Gasteiger partial charge in [0.25, 0.3) is 5.91 Å². The number of hydrogen-bond donors (Lipinski definition) is 1. The number of hydrogen-bond acceptors (Lipinski definition) is 7. The second-order valence-electron chi connectivity index (χ2n) is 7.29. The maximum Gasteiger partial charge on any atom is 0.266 e. The van der Waals surface area contributed by atoms with Gasteiger partial charge in [0.05, 0.1) is 11.2 Å². The Morgan fingerprint density at radius 2 is 2.09 bits per heavy atom. The van der Waals surface area contributed by atoms with Gasteiger partial charge in [0, 0.05) is 36.5 Å². The van der Waals surface area contributed by atoms with Gasteiger partial charge in [0.1, 0.15) is 10.1 Å². The van der Waals surface area contributed by atoms with E-state index in [4.69, 9.17) is 16.6 Å². The highest BCUT2D eigenvalue weighted by atomic mass is 32.2. The van der Waals surface area contributed by atoms with Crippen molar-refractivity contribution in [1.82, 2.24) is 9.88 Å². The average Bonchev–Trinajstić information content (AvgIpc) is 3.49. The molecule has 9 heteroatoms. The van der Waals surface area contributed by atoms with Gasteiger partial charge in [-0.1, -0.05) is 53.8 Å². The summed E-state index contributed by atoms with van der Waals surface area (Å²) in [6.07, 6.45) is 6.61. The van der Waals surface area contributed by atoms with Crippen molar-refractivity contribution in [2.24, 2.45) is 0 Å². The molecule has 3 heterocycles. The molecule has 1 aromatic carbocycles. The molecule has 4 rings (SSSR count). The van der Waals surface area contributed by atoms with E-state index < -0.39 is 0 Å². The van der Waals surface area contributed by atoms with Crippen molar-refractivity contribution in [1.29, 1.82) is 0 Å². The van der Waals surface area contributed by atoms with Crippen molar-refractivity contribution < 1.29 is 14.0 Å². The maximum atomic E-state index is 12.6. The van der Waals surface area contributed by atoms with E-state index in [0.29, 0.717) is 33.1 Å². The van der Waals surface area contributed by atoms with Gasteiger partial charge in [-0.2, -0.15) is 0 Å². The van der Waals surface area contributed by atoms with Crippen LogP contribution in [0.25, 0.3) is 6.08 Å². The Labute approximate surface area is 199 Å². The summed E-state index contributed by atoms with van der Waals surface area (Å²) in [7, 11) is 0. The van der Waals surface area contributed by atoms with E-state index in [0.717, 1.165) is 11.3 Å². The summed E-state index contributed by atoms with van der Waals surface area (Å²) in [6.45, 7) is 2.46. The molecule has 32 heavy (non-hydrogen) atoms. The molecule has 1 N–H and O–H groups in total. The lowest BCUT2D eigenvalue weighted by molar-refractivity contribution is -0.122. The van der Waals surface area contributed by atoms with Crippen molar-refractivity contribution in [3.63, 3.8) is 0 Å². The van der Waals surface area contributed by atoms with Crippen molar-refractivity contribution >= 4 is 62.7 Å². The van der Waals surface area contributed by atoms with Crippen LogP contribution >= 0.6 is 35.3 Å². The largest absolute Gasteiger partial charge is 0.465 e. The molecule has 0 bridgehead atoms. The standard InChI is InChI=1S/C23H21N3O3S3/c1-15-6-8-16(9-7-15)12-18-14-24-22(31-18)25-20(27)5-2-10-26-21(28)19(32-23(26)30)13-17-4-3-11-29-17/h3-4,6-9,11,13-14H,2,5,10,12H2,1H3,(H,24,25,27)/b19-13+. The van der Waals surface area contributed by atoms with Crippen LogP contribution in [0.3, 0.4) is 0 Å². The van der Waals surface area contributed by atoms with Gasteiger partial charge in [-0.25, -0.2) is 4.98 Å². The van der Waals surface area contributed by atoms with Crippen LogP contribution < -0.4 is 5.32 Å². The number of amides is 2. The first-order valence-corrected chi connectivity index (χ1v) is 12.1. The molecule has 164 valence electrons. The number of rotatable bonds is 8. The molecule has 2 amide bonds. The van der Waals surface area contributed by atoms with Crippen LogP contribution in [-0.2, 0) is 16.0 Å². The third-order valence-corrected chi connectivity index (χ3v) is 7.07. The molecule has 6 nitrogen and oxygen atoms in total. The lowest BCUT2D eigenvalue weighted by atomic mass is 10.1. The number of aromatic nitrogens is 1. The van der Waals surface area contributed by atoms with Crippen LogP contribution in [0, 0.1) is 6.92 Å². The number of aryl methyl sites for hydroxylation is 1. The molecule has 0 unspecified atom stereocenters. The van der Waals surface area contributed by atoms with Gasteiger partial charge in [-0.05, 0) is 31.0 Å². The highest BCUT2D eigenvalue weighted by Gasteiger charge is 2.31. The van der Waals surface area contributed by atoms with Crippen molar-refractivity contribution in [3.8, 4) is 0 Å². The zero-order valence-electron chi connectivity index (χ0n) is 17.4. The summed E-state index contributed by atoms with van der Waals surface area (Å²) < 4.78 is 5.76. The van der Waals surface area contributed by atoms with Crippen molar-refractivity contribution in [2.75, 3.05) is 11.9 Å². The van der Waals surface area contributed by atoms with E-state index in [2.05, 4.69) is 41.5 Å². The lowest BCUT2D eigenvalue weighted by Crippen LogP contribution is -2.29.